The number of carbonyl (C=O) groups is 1. The molecule has 0 rings (SSSR count). The molecule has 0 heterocycles. The predicted molar refractivity (Wildman–Crippen MR) is 142 cm³/mol. The number of unbranched alkanes of at least 4 members (excludes halogenated alkanes) is 9. The van der Waals surface area contributed by atoms with Crippen LogP contribution in [0.5, 0.6) is 0 Å². The van der Waals surface area contributed by atoms with Gasteiger partial charge < -0.3 is 5.11 Å². The summed E-state index contributed by atoms with van der Waals surface area (Å²) in [7, 11) is 0. The van der Waals surface area contributed by atoms with Gasteiger partial charge in [0.2, 0.25) is 0 Å². The average Bonchev–Trinajstić information content (AvgIpc) is 2.68. The molecule has 1 N–H and O–H groups in total. The Labute approximate surface area is 202 Å². The molecule has 0 aromatic carbocycles. The van der Waals surface area contributed by atoms with E-state index in [9.17, 15) is 9.90 Å². The van der Waals surface area contributed by atoms with Gasteiger partial charge in [-0.2, -0.15) is 0 Å². The summed E-state index contributed by atoms with van der Waals surface area (Å²) in [6.07, 6.45) is 20.9. The third-order valence-electron chi connectivity index (χ3n) is 8.13. The predicted octanol–water partition coefficient (Wildman–Crippen LogP) is 9.93. The van der Waals surface area contributed by atoms with E-state index in [0.717, 1.165) is 37.0 Å². The number of rotatable bonds is 20. The van der Waals surface area contributed by atoms with Gasteiger partial charge in [0.05, 0.1) is 5.92 Å². The van der Waals surface area contributed by atoms with Crippen LogP contribution in [0.15, 0.2) is 12.2 Å². The van der Waals surface area contributed by atoms with Gasteiger partial charge in [0.15, 0.2) is 0 Å². The molecule has 1 atom stereocenters. The zero-order valence-electron chi connectivity index (χ0n) is 23.1. The van der Waals surface area contributed by atoms with Crippen LogP contribution in [0, 0.1) is 35.0 Å². The maximum absolute atomic E-state index is 11.2. The molecule has 0 saturated carbocycles. The molecule has 0 bridgehead atoms. The molecule has 0 aliphatic carbocycles. The van der Waals surface area contributed by atoms with E-state index < -0.39 is 5.97 Å². The van der Waals surface area contributed by atoms with Crippen molar-refractivity contribution in [3.8, 4) is 0 Å². The van der Waals surface area contributed by atoms with Gasteiger partial charge in [0.25, 0.3) is 0 Å². The molecule has 0 aliphatic heterocycles. The first-order valence-corrected chi connectivity index (χ1v) is 13.9. The molecule has 0 aromatic heterocycles. The third kappa shape index (κ3) is 11.9. The molecule has 0 fully saturated rings. The van der Waals surface area contributed by atoms with Crippen molar-refractivity contribution in [2.75, 3.05) is 0 Å². The lowest BCUT2D eigenvalue weighted by Gasteiger charge is -2.45. The van der Waals surface area contributed by atoms with Gasteiger partial charge in [-0.25, -0.2) is 0 Å². The first-order valence-electron chi connectivity index (χ1n) is 13.9. The Morgan fingerprint density at radius 1 is 0.656 bits per heavy atom. The summed E-state index contributed by atoms with van der Waals surface area (Å²) in [5.74, 6) is 1.72. The first kappa shape index (κ1) is 31.2. The van der Waals surface area contributed by atoms with Crippen LogP contribution in [0.25, 0.3) is 0 Å². The van der Waals surface area contributed by atoms with Crippen molar-refractivity contribution in [1.29, 1.82) is 0 Å². The molecule has 0 spiro atoms. The molecule has 1 unspecified atom stereocenters. The van der Waals surface area contributed by atoms with Crippen LogP contribution in [0.4, 0.5) is 0 Å². The van der Waals surface area contributed by atoms with Crippen LogP contribution in [0.1, 0.15) is 139 Å². The number of aliphatic carboxylic acids is 1. The Hall–Kier alpha value is -0.790. The lowest BCUT2D eigenvalue weighted by atomic mass is 9.60. The van der Waals surface area contributed by atoms with E-state index in [-0.39, 0.29) is 11.8 Å². The van der Waals surface area contributed by atoms with E-state index in [1.807, 2.05) is 13.8 Å². The van der Waals surface area contributed by atoms with Crippen LogP contribution in [0.2, 0.25) is 0 Å². The highest BCUT2D eigenvalue weighted by Crippen LogP contribution is 2.47. The Balaban J connectivity index is 3.74. The van der Waals surface area contributed by atoms with E-state index in [2.05, 4.69) is 53.7 Å². The zero-order chi connectivity index (χ0) is 24.6. The minimum absolute atomic E-state index is 0.168. The fraction of sp³-hybridized carbons (Fsp3) is 0.900. The summed E-state index contributed by atoms with van der Waals surface area (Å²) in [5.41, 5.74) is 0.495. The average molecular weight is 451 g/mol. The van der Waals surface area contributed by atoms with Gasteiger partial charge in [-0.05, 0) is 67.6 Å². The molecule has 190 valence electrons. The Morgan fingerprint density at radius 2 is 1.06 bits per heavy atom. The van der Waals surface area contributed by atoms with E-state index >= 15 is 0 Å². The van der Waals surface area contributed by atoms with E-state index in [1.54, 1.807) is 0 Å². The van der Waals surface area contributed by atoms with Crippen molar-refractivity contribution < 1.29 is 9.90 Å². The molecule has 0 aromatic rings. The molecule has 0 amide bonds. The van der Waals surface area contributed by atoms with Crippen LogP contribution < -0.4 is 0 Å². The topological polar surface area (TPSA) is 37.3 Å². The van der Waals surface area contributed by atoms with Crippen molar-refractivity contribution in [2.45, 2.75) is 139 Å². The SMILES string of the molecule is CC(C)C(CCCCCC/C=C\CCCCCCCC(C(C)C)(C(C)C)C(C)C)C(=O)O. The normalized spacial score (nSPS) is 13.9. The zero-order valence-corrected chi connectivity index (χ0v) is 23.1. The van der Waals surface area contributed by atoms with Crippen molar-refractivity contribution in [3.05, 3.63) is 12.2 Å². The van der Waals surface area contributed by atoms with E-state index in [1.165, 1.54) is 64.2 Å². The second-order valence-corrected chi connectivity index (χ2v) is 11.5. The summed E-state index contributed by atoms with van der Waals surface area (Å²) >= 11 is 0. The quantitative estimate of drug-likeness (QED) is 0.148. The molecule has 32 heavy (non-hydrogen) atoms. The monoisotopic (exact) mass is 450 g/mol. The summed E-state index contributed by atoms with van der Waals surface area (Å²) in [6.45, 7) is 18.6. The molecular weight excluding hydrogens is 392 g/mol. The molecule has 2 heteroatoms. The smallest absolute Gasteiger partial charge is 0.306 e. The fourth-order valence-electron chi connectivity index (χ4n) is 6.05. The Kier molecular flexibility index (Phi) is 17.2. The van der Waals surface area contributed by atoms with E-state index in [0.29, 0.717) is 5.41 Å². The molecule has 0 aliphatic rings. The van der Waals surface area contributed by atoms with Gasteiger partial charge in [0.1, 0.15) is 0 Å². The van der Waals surface area contributed by atoms with Gasteiger partial charge >= 0.3 is 5.97 Å². The first-order chi connectivity index (χ1) is 15.1. The molecular formula is C30H58O2. The third-order valence-corrected chi connectivity index (χ3v) is 8.13. The van der Waals surface area contributed by atoms with Crippen molar-refractivity contribution >= 4 is 5.97 Å². The van der Waals surface area contributed by atoms with Crippen molar-refractivity contribution in [2.24, 2.45) is 35.0 Å². The summed E-state index contributed by atoms with van der Waals surface area (Å²) in [4.78, 5) is 11.2. The maximum atomic E-state index is 11.2. The summed E-state index contributed by atoms with van der Waals surface area (Å²) < 4.78 is 0. The number of carboxylic acid groups (broad SMARTS) is 1. The number of hydrogen-bond donors (Lipinski definition) is 1. The van der Waals surface area contributed by atoms with Crippen molar-refractivity contribution in [3.63, 3.8) is 0 Å². The minimum atomic E-state index is -0.627. The molecule has 2 nitrogen and oxygen atoms in total. The fourth-order valence-corrected chi connectivity index (χ4v) is 6.05. The maximum Gasteiger partial charge on any atom is 0.306 e. The summed E-state index contributed by atoms with van der Waals surface area (Å²) in [5, 5.41) is 9.23. The molecule has 0 saturated heterocycles. The van der Waals surface area contributed by atoms with Crippen molar-refractivity contribution in [1.82, 2.24) is 0 Å². The standard InChI is InChI=1S/C30H58O2/c1-24(2)28(29(31)32)22-20-18-16-14-12-10-9-11-13-15-17-19-21-23-30(25(3)4,26(5)6)27(7)8/h9-10,24-28H,11-23H2,1-8H3,(H,31,32)/b10-9-. The lowest BCUT2D eigenvalue weighted by Crippen LogP contribution is -2.38. The molecule has 0 radical (unpaired) electrons. The lowest BCUT2D eigenvalue weighted by molar-refractivity contribution is -0.143. The second-order valence-electron chi connectivity index (χ2n) is 11.5. The van der Waals surface area contributed by atoms with E-state index in [4.69, 9.17) is 0 Å². The highest BCUT2D eigenvalue weighted by atomic mass is 16.4. The Morgan fingerprint density at radius 3 is 1.47 bits per heavy atom. The summed E-state index contributed by atoms with van der Waals surface area (Å²) in [6, 6.07) is 0. The van der Waals surface area contributed by atoms with Gasteiger partial charge in [-0.15, -0.1) is 0 Å². The number of allylic oxidation sites excluding steroid dienone is 2. The highest BCUT2D eigenvalue weighted by Gasteiger charge is 2.39. The van der Waals surface area contributed by atoms with Crippen LogP contribution in [-0.4, -0.2) is 11.1 Å². The highest BCUT2D eigenvalue weighted by molar-refractivity contribution is 5.70. The number of carboxylic acids is 1. The van der Waals surface area contributed by atoms with Crippen LogP contribution in [0.3, 0.4) is 0 Å². The van der Waals surface area contributed by atoms with Crippen LogP contribution in [-0.2, 0) is 4.79 Å². The van der Waals surface area contributed by atoms with Gasteiger partial charge in [0, 0.05) is 0 Å². The second kappa shape index (κ2) is 17.7. The van der Waals surface area contributed by atoms with Crippen LogP contribution >= 0.6 is 0 Å². The largest absolute Gasteiger partial charge is 0.481 e. The number of hydrogen-bond acceptors (Lipinski definition) is 1. The Bertz CT molecular complexity index is 465. The van der Waals surface area contributed by atoms with Gasteiger partial charge in [-0.3, -0.25) is 4.79 Å². The minimum Gasteiger partial charge on any atom is -0.481 e. The van der Waals surface area contributed by atoms with Gasteiger partial charge in [-0.1, -0.05) is 112 Å².